The minimum absolute atomic E-state index is 0.0129. The van der Waals surface area contributed by atoms with Crippen molar-refractivity contribution >= 4 is 23.9 Å². The van der Waals surface area contributed by atoms with Crippen LogP contribution in [0.1, 0.15) is 25.7 Å². The van der Waals surface area contributed by atoms with Crippen LogP contribution in [0.4, 0.5) is 0 Å². The van der Waals surface area contributed by atoms with Gasteiger partial charge in [0.25, 0.3) is 0 Å². The van der Waals surface area contributed by atoms with Crippen LogP contribution in [-0.2, 0) is 9.59 Å². The Bertz CT molecular complexity index is 393. The van der Waals surface area contributed by atoms with Crippen molar-refractivity contribution in [3.8, 4) is 0 Å². The van der Waals surface area contributed by atoms with Gasteiger partial charge in [-0.15, -0.1) is 0 Å². The maximum absolute atomic E-state index is 10.2. The van der Waals surface area contributed by atoms with E-state index >= 15 is 0 Å². The average molecular weight is 348 g/mol. The van der Waals surface area contributed by atoms with Gasteiger partial charge in [-0.2, -0.15) is 0 Å². The lowest BCUT2D eigenvalue weighted by Crippen LogP contribution is -2.30. The number of nitrogens with zero attached hydrogens (tertiary/aromatic N) is 2. The predicted molar refractivity (Wildman–Crippen MR) is 91.0 cm³/mol. The molecule has 14 N–H and O–H groups in total. The molecule has 0 aliphatic heterocycles. The minimum Gasteiger partial charge on any atom is -0.480 e. The van der Waals surface area contributed by atoms with Crippen molar-refractivity contribution in [3.05, 3.63) is 0 Å². The van der Waals surface area contributed by atoms with Crippen molar-refractivity contribution in [3.63, 3.8) is 0 Å². The van der Waals surface area contributed by atoms with Gasteiger partial charge in [-0.05, 0) is 25.7 Å². The number of guanidine groups is 2. The normalized spacial score (nSPS) is 12.1. The molecule has 1 unspecified atom stereocenters. The average Bonchev–Trinajstić information content (AvgIpc) is 2.47. The van der Waals surface area contributed by atoms with E-state index in [2.05, 4.69) is 9.98 Å². The molecule has 0 saturated heterocycles. The van der Waals surface area contributed by atoms with Crippen molar-refractivity contribution < 1.29 is 19.8 Å². The zero-order valence-corrected chi connectivity index (χ0v) is 13.5. The van der Waals surface area contributed by atoms with Crippen LogP contribution in [0.5, 0.6) is 0 Å². The van der Waals surface area contributed by atoms with Gasteiger partial charge in [-0.3, -0.25) is 19.6 Å². The smallest absolute Gasteiger partial charge is 0.320 e. The topological polar surface area (TPSA) is 255 Å². The van der Waals surface area contributed by atoms with E-state index in [1.54, 1.807) is 0 Å². The van der Waals surface area contributed by atoms with Crippen LogP contribution >= 0.6 is 0 Å². The van der Waals surface area contributed by atoms with E-state index < -0.39 is 24.0 Å². The summed E-state index contributed by atoms with van der Waals surface area (Å²) >= 11 is 0. The molecule has 0 heterocycles. The predicted octanol–water partition coefficient (Wildman–Crippen LogP) is -3.10. The van der Waals surface area contributed by atoms with Gasteiger partial charge in [-0.25, -0.2) is 0 Å². The molecular formula is C12H28N8O4. The lowest BCUT2D eigenvalue weighted by Gasteiger charge is -2.03. The molecule has 140 valence electrons. The van der Waals surface area contributed by atoms with E-state index in [1.165, 1.54) is 0 Å². The third-order valence-electron chi connectivity index (χ3n) is 2.57. The van der Waals surface area contributed by atoms with Crippen LogP contribution in [0.25, 0.3) is 0 Å². The molecule has 0 aromatic carbocycles. The highest BCUT2D eigenvalue weighted by Gasteiger charge is 2.10. The third-order valence-corrected chi connectivity index (χ3v) is 2.57. The monoisotopic (exact) mass is 348 g/mol. The summed E-state index contributed by atoms with van der Waals surface area (Å²) in [4.78, 5) is 27.8. The van der Waals surface area contributed by atoms with Crippen molar-refractivity contribution in [1.82, 2.24) is 0 Å². The largest absolute Gasteiger partial charge is 0.480 e. The van der Waals surface area contributed by atoms with E-state index in [0.29, 0.717) is 38.8 Å². The van der Waals surface area contributed by atoms with Crippen molar-refractivity contribution in [2.75, 3.05) is 13.1 Å². The van der Waals surface area contributed by atoms with Crippen LogP contribution in [0, 0.1) is 0 Å². The molecule has 12 nitrogen and oxygen atoms in total. The van der Waals surface area contributed by atoms with Crippen LogP contribution in [-0.4, -0.2) is 59.2 Å². The molecule has 0 aromatic rings. The number of aliphatic carboxylic acids is 2. The van der Waals surface area contributed by atoms with Crippen LogP contribution in [0.2, 0.25) is 0 Å². The highest BCUT2D eigenvalue weighted by Crippen LogP contribution is 1.95. The number of nitrogens with two attached hydrogens (primary N) is 6. The second-order valence-corrected chi connectivity index (χ2v) is 4.79. The summed E-state index contributed by atoms with van der Waals surface area (Å²) in [6.07, 6.45) is 1.91. The first-order valence-corrected chi connectivity index (χ1v) is 7.15. The minimum atomic E-state index is -1.00. The molecule has 0 amide bonds. The first kappa shape index (κ1) is 23.7. The molecule has 0 aliphatic carbocycles. The molecule has 0 rings (SSSR count). The van der Waals surface area contributed by atoms with Gasteiger partial charge in [0, 0.05) is 13.1 Å². The Morgan fingerprint density at radius 2 is 1.04 bits per heavy atom. The van der Waals surface area contributed by atoms with Crippen LogP contribution < -0.4 is 34.4 Å². The summed E-state index contributed by atoms with van der Waals surface area (Å²) in [5.41, 5.74) is 30.6. The van der Waals surface area contributed by atoms with E-state index in [0.717, 1.165) is 0 Å². The molecular weight excluding hydrogens is 320 g/mol. The molecule has 0 aliphatic rings. The molecule has 0 bridgehead atoms. The Morgan fingerprint density at radius 1 is 0.750 bits per heavy atom. The van der Waals surface area contributed by atoms with Crippen molar-refractivity contribution in [2.24, 2.45) is 44.4 Å². The van der Waals surface area contributed by atoms with Gasteiger partial charge in [-0.1, -0.05) is 0 Å². The number of aliphatic imine (C=N–C) groups is 2. The lowest BCUT2D eigenvalue weighted by molar-refractivity contribution is -0.139. The third kappa shape index (κ3) is 17.5. The van der Waals surface area contributed by atoms with Gasteiger partial charge < -0.3 is 44.6 Å². The Kier molecular flexibility index (Phi) is 13.8. The maximum Gasteiger partial charge on any atom is 0.320 e. The standard InChI is InChI=1S/2C6H14N4O2/c2*7-4(5(11)12)2-1-3-10-6(8)9/h2*4H,1-3,7H2,(H,11,12)(H4,8,9,10)/t4-;/m1./s1. The van der Waals surface area contributed by atoms with E-state index in [1.807, 2.05) is 0 Å². The summed E-state index contributed by atoms with van der Waals surface area (Å²) in [6.45, 7) is 0.840. The van der Waals surface area contributed by atoms with Gasteiger partial charge in [0.15, 0.2) is 11.9 Å². The Balaban J connectivity index is 0. The Hall–Kier alpha value is -2.60. The SMILES string of the molecule is NC(N)=NCCCC(N)C(=O)O.NC(N)=NCCC[C@@H](N)C(=O)O. The van der Waals surface area contributed by atoms with E-state index in [9.17, 15) is 9.59 Å². The van der Waals surface area contributed by atoms with E-state index in [-0.39, 0.29) is 11.9 Å². The fourth-order valence-corrected chi connectivity index (χ4v) is 1.29. The molecule has 2 atom stereocenters. The summed E-state index contributed by atoms with van der Waals surface area (Å²) in [6, 6.07) is -1.64. The highest BCUT2D eigenvalue weighted by atomic mass is 16.4. The number of carbonyl (C=O) groups is 2. The van der Waals surface area contributed by atoms with Gasteiger partial charge >= 0.3 is 11.9 Å². The fraction of sp³-hybridized carbons (Fsp3) is 0.667. The van der Waals surface area contributed by atoms with E-state index in [4.69, 9.17) is 44.6 Å². The van der Waals surface area contributed by atoms with Crippen molar-refractivity contribution in [2.45, 2.75) is 37.8 Å². The molecule has 0 spiro atoms. The zero-order chi connectivity index (χ0) is 19.1. The Labute approximate surface area is 140 Å². The summed E-state index contributed by atoms with van der Waals surface area (Å²) in [5.74, 6) is -1.97. The summed E-state index contributed by atoms with van der Waals surface area (Å²) < 4.78 is 0. The fourth-order valence-electron chi connectivity index (χ4n) is 1.29. The zero-order valence-electron chi connectivity index (χ0n) is 13.5. The molecule has 0 radical (unpaired) electrons. The molecule has 24 heavy (non-hydrogen) atoms. The second kappa shape index (κ2) is 14.0. The second-order valence-electron chi connectivity index (χ2n) is 4.79. The van der Waals surface area contributed by atoms with Gasteiger partial charge in [0.1, 0.15) is 12.1 Å². The molecule has 0 saturated carbocycles. The van der Waals surface area contributed by atoms with Crippen LogP contribution in [0.3, 0.4) is 0 Å². The highest BCUT2D eigenvalue weighted by molar-refractivity contribution is 5.76. The van der Waals surface area contributed by atoms with Gasteiger partial charge in [0.2, 0.25) is 0 Å². The molecule has 0 fully saturated rings. The maximum atomic E-state index is 10.2. The molecule has 12 heteroatoms. The van der Waals surface area contributed by atoms with Gasteiger partial charge in [0.05, 0.1) is 0 Å². The number of hydrogen-bond donors (Lipinski definition) is 8. The number of rotatable bonds is 10. The summed E-state index contributed by atoms with van der Waals surface area (Å²) in [7, 11) is 0. The first-order valence-electron chi connectivity index (χ1n) is 7.15. The van der Waals surface area contributed by atoms with Crippen molar-refractivity contribution in [1.29, 1.82) is 0 Å². The first-order chi connectivity index (χ1) is 11.1. The summed E-state index contributed by atoms with van der Waals surface area (Å²) in [5, 5.41) is 16.8. The lowest BCUT2D eigenvalue weighted by atomic mass is 10.2. The number of carboxylic acid groups (broad SMARTS) is 2. The quantitative estimate of drug-likeness (QED) is 0.112. The number of hydrogen-bond acceptors (Lipinski definition) is 6. The number of carboxylic acids is 2. The van der Waals surface area contributed by atoms with Crippen LogP contribution in [0.15, 0.2) is 9.98 Å². The molecule has 0 aromatic heterocycles. The Morgan fingerprint density at radius 3 is 1.25 bits per heavy atom.